The van der Waals surface area contributed by atoms with E-state index in [4.69, 9.17) is 9.47 Å². The number of anilines is 1. The zero-order valence-electron chi connectivity index (χ0n) is 34.6. The fourth-order valence-corrected chi connectivity index (χ4v) is 9.22. The van der Waals surface area contributed by atoms with Crippen LogP contribution < -0.4 is 14.8 Å². The summed E-state index contributed by atoms with van der Waals surface area (Å²) in [5, 5.41) is 27.4. The maximum atomic E-state index is 14.8. The molecule has 0 radical (unpaired) electrons. The Balaban J connectivity index is 1.29. The van der Waals surface area contributed by atoms with Gasteiger partial charge in [0.15, 0.2) is 5.78 Å². The highest BCUT2D eigenvalue weighted by molar-refractivity contribution is 6.10. The van der Waals surface area contributed by atoms with Gasteiger partial charge in [0.2, 0.25) is 0 Å². The summed E-state index contributed by atoms with van der Waals surface area (Å²) < 4.78 is 11.2. The number of carbonyl (C=O) groups excluding carboxylic acids is 2. The molecule has 5 aromatic rings. The van der Waals surface area contributed by atoms with Gasteiger partial charge >= 0.3 is 6.03 Å². The van der Waals surface area contributed by atoms with Gasteiger partial charge in [0.25, 0.3) is 0 Å². The van der Waals surface area contributed by atoms with Crippen LogP contribution >= 0.6 is 0 Å². The number of amides is 2. The molecule has 5 aromatic carbocycles. The van der Waals surface area contributed by atoms with E-state index in [9.17, 15) is 19.8 Å². The van der Waals surface area contributed by atoms with Crippen LogP contribution in [0.4, 0.5) is 10.5 Å². The van der Waals surface area contributed by atoms with Gasteiger partial charge in [0.1, 0.15) is 11.5 Å². The van der Waals surface area contributed by atoms with Crippen molar-refractivity contribution in [2.24, 2.45) is 5.41 Å². The van der Waals surface area contributed by atoms with Gasteiger partial charge in [-0.05, 0) is 110 Å². The summed E-state index contributed by atoms with van der Waals surface area (Å²) in [6, 6.07) is 38.4. The first kappa shape index (κ1) is 41.5. The highest BCUT2D eigenvalue weighted by Gasteiger charge is 2.57. The highest BCUT2D eigenvalue weighted by atomic mass is 16.5. The van der Waals surface area contributed by atoms with Crippen LogP contribution in [-0.2, 0) is 13.0 Å². The van der Waals surface area contributed by atoms with Crippen LogP contribution in [0.15, 0.2) is 133 Å². The van der Waals surface area contributed by atoms with Gasteiger partial charge in [0.05, 0.1) is 39.0 Å². The van der Waals surface area contributed by atoms with Gasteiger partial charge < -0.3 is 29.9 Å². The van der Waals surface area contributed by atoms with Crippen molar-refractivity contribution < 1.29 is 29.3 Å². The molecule has 0 aliphatic heterocycles. The summed E-state index contributed by atoms with van der Waals surface area (Å²) in [7, 11) is 3.19. The number of fused-ring (bicyclic) bond motifs is 8. The molecule has 1 fully saturated rings. The minimum Gasteiger partial charge on any atom is -0.497 e. The second-order valence-electron chi connectivity index (χ2n) is 16.6. The molecule has 0 spiro atoms. The van der Waals surface area contributed by atoms with Crippen LogP contribution in [0.25, 0.3) is 11.1 Å². The molecular weight excluding hydrogens is 737 g/mol. The molecule has 4 atom stereocenters. The second-order valence-corrected chi connectivity index (χ2v) is 16.6. The number of urea groups is 1. The SMILES string of the molecule is COc1ccc(CN(C[C@]2(O)CC[C@H]3c4ccc(cc4C(=O)c4ccc(-c5ccccc5)cc4)C[C@@H](O)CCC(C)=CCC[C@@]32C)C(=O)Nc2ccccc2)c(OC)c1. The molecule has 0 aromatic heterocycles. The van der Waals surface area contributed by atoms with Crippen molar-refractivity contribution >= 4 is 17.5 Å². The van der Waals surface area contributed by atoms with Crippen molar-refractivity contribution in [2.75, 3.05) is 26.1 Å². The van der Waals surface area contributed by atoms with Crippen molar-refractivity contribution in [3.05, 3.63) is 161 Å². The summed E-state index contributed by atoms with van der Waals surface area (Å²) in [5.41, 5.74) is 5.58. The van der Waals surface area contributed by atoms with E-state index in [2.05, 4.69) is 43.4 Å². The average molecular weight is 793 g/mol. The molecule has 2 bridgehead atoms. The number of benzene rings is 5. The third-order valence-electron chi connectivity index (χ3n) is 12.8. The van der Waals surface area contributed by atoms with Crippen LogP contribution in [0.2, 0.25) is 0 Å². The molecule has 8 heteroatoms. The van der Waals surface area contributed by atoms with Gasteiger partial charge in [-0.2, -0.15) is 0 Å². The first-order chi connectivity index (χ1) is 28.5. The van der Waals surface area contributed by atoms with Crippen LogP contribution in [0, 0.1) is 5.41 Å². The molecule has 59 heavy (non-hydrogen) atoms. The molecule has 1 saturated carbocycles. The summed E-state index contributed by atoms with van der Waals surface area (Å²) in [6.45, 7) is 4.46. The molecular formula is C51H56N2O6. The lowest BCUT2D eigenvalue weighted by Crippen LogP contribution is -2.54. The van der Waals surface area contributed by atoms with Crippen molar-refractivity contribution in [3.63, 3.8) is 0 Å². The minimum absolute atomic E-state index is 0.0467. The number of ketones is 1. The Morgan fingerprint density at radius 1 is 0.831 bits per heavy atom. The topological polar surface area (TPSA) is 108 Å². The molecule has 2 amide bonds. The summed E-state index contributed by atoms with van der Waals surface area (Å²) in [5.74, 6) is 0.914. The number of aliphatic hydroxyl groups excluding tert-OH is 1. The van der Waals surface area contributed by atoms with Crippen molar-refractivity contribution in [3.8, 4) is 22.6 Å². The van der Waals surface area contributed by atoms with E-state index < -0.39 is 17.1 Å². The Kier molecular flexibility index (Phi) is 12.7. The highest BCUT2D eigenvalue weighted by Crippen LogP contribution is 2.59. The fraction of sp³-hybridized carbons (Fsp3) is 0.333. The van der Waals surface area contributed by atoms with E-state index in [1.54, 1.807) is 25.2 Å². The minimum atomic E-state index is -1.34. The fourth-order valence-electron chi connectivity index (χ4n) is 9.22. The molecule has 0 unspecified atom stereocenters. The molecule has 3 aliphatic rings. The number of nitrogens with one attached hydrogen (secondary N) is 1. The number of allylic oxidation sites excluding steroid dienone is 2. The second kappa shape index (κ2) is 18.1. The monoisotopic (exact) mass is 792 g/mol. The summed E-state index contributed by atoms with van der Waals surface area (Å²) >= 11 is 0. The summed E-state index contributed by atoms with van der Waals surface area (Å²) in [4.78, 5) is 30.8. The average Bonchev–Trinajstić information content (AvgIpc) is 3.51. The van der Waals surface area contributed by atoms with E-state index in [-0.39, 0.29) is 30.8 Å². The third kappa shape index (κ3) is 9.14. The van der Waals surface area contributed by atoms with E-state index in [1.165, 1.54) is 5.57 Å². The number of hydrogen-bond acceptors (Lipinski definition) is 6. The number of hydrogen-bond donors (Lipinski definition) is 3. The molecule has 3 N–H and O–H groups in total. The zero-order chi connectivity index (χ0) is 41.6. The lowest BCUT2D eigenvalue weighted by molar-refractivity contribution is -0.0773. The molecule has 8 nitrogen and oxygen atoms in total. The normalized spacial score (nSPS) is 21.8. The third-order valence-corrected chi connectivity index (χ3v) is 12.8. The Labute approximate surface area is 348 Å². The smallest absolute Gasteiger partial charge is 0.322 e. The zero-order valence-corrected chi connectivity index (χ0v) is 34.6. The Morgan fingerprint density at radius 2 is 1.54 bits per heavy atom. The van der Waals surface area contributed by atoms with Crippen LogP contribution in [-0.4, -0.2) is 59.4 Å². The molecule has 8 rings (SSSR count). The number of aliphatic hydroxyl groups is 2. The first-order valence-electron chi connectivity index (χ1n) is 20.7. The lowest BCUT2D eigenvalue weighted by atomic mass is 9.64. The van der Waals surface area contributed by atoms with E-state index >= 15 is 0 Å². The van der Waals surface area contributed by atoms with Crippen molar-refractivity contribution in [1.82, 2.24) is 4.90 Å². The molecule has 0 saturated heterocycles. The number of carbonyl (C=O) groups is 2. The van der Waals surface area contributed by atoms with Crippen LogP contribution in [0.1, 0.15) is 90.9 Å². The molecule has 0 heterocycles. The predicted molar refractivity (Wildman–Crippen MR) is 234 cm³/mol. The maximum absolute atomic E-state index is 14.8. The molecule has 306 valence electrons. The number of methoxy groups -OCH3 is 2. The largest absolute Gasteiger partial charge is 0.497 e. The van der Waals surface area contributed by atoms with E-state index in [0.29, 0.717) is 66.8 Å². The number of rotatable bonds is 10. The number of para-hydroxylation sites is 1. The van der Waals surface area contributed by atoms with E-state index in [0.717, 1.165) is 34.2 Å². The predicted octanol–water partition coefficient (Wildman–Crippen LogP) is 10.4. The number of ether oxygens (including phenoxy) is 2. The summed E-state index contributed by atoms with van der Waals surface area (Å²) in [6.07, 6.45) is 5.84. The Morgan fingerprint density at radius 3 is 2.25 bits per heavy atom. The Bertz CT molecular complexity index is 2270. The Hall–Kier alpha value is -5.70. The van der Waals surface area contributed by atoms with E-state index in [1.807, 2.05) is 97.1 Å². The van der Waals surface area contributed by atoms with Gasteiger partial charge in [0, 0.05) is 33.9 Å². The van der Waals surface area contributed by atoms with Crippen LogP contribution in [0.5, 0.6) is 11.5 Å². The maximum Gasteiger partial charge on any atom is 0.322 e. The van der Waals surface area contributed by atoms with Crippen molar-refractivity contribution in [1.29, 1.82) is 0 Å². The molecule has 3 aliphatic carbocycles. The van der Waals surface area contributed by atoms with Crippen LogP contribution in [0.3, 0.4) is 0 Å². The van der Waals surface area contributed by atoms with Gasteiger partial charge in [-0.25, -0.2) is 4.79 Å². The quantitative estimate of drug-likeness (QED) is 0.0960. The van der Waals surface area contributed by atoms with Crippen molar-refractivity contribution in [2.45, 2.75) is 83.0 Å². The van der Waals surface area contributed by atoms with Gasteiger partial charge in [-0.3, -0.25) is 4.79 Å². The lowest BCUT2D eigenvalue weighted by Gasteiger charge is -2.46. The first-order valence-corrected chi connectivity index (χ1v) is 20.7. The standard InChI is InChI=1S/C51H56N2O6/c1-35-12-11-28-50(2)46(27-29-51(50,57)34-53(49(56)52-41-15-9-6-10-16-41)33-40-23-25-43(58-3)32-47(40)59-4)44-26-18-36(30-42(54)24-17-35)31-45(44)48(55)39-21-19-38(20-22-39)37-13-7-5-8-14-37/h5-10,12-16,18-23,25-26,31-32,42,46,54,57H,11,17,24,27-30,33-34H2,1-4H3,(H,52,56)/t42-,46-,50-,51+/m0/s1. The number of nitrogens with zero attached hydrogens (tertiary/aromatic N) is 1. The van der Waals surface area contributed by atoms with Gasteiger partial charge in [-0.1, -0.05) is 104 Å². The van der Waals surface area contributed by atoms with Gasteiger partial charge in [-0.15, -0.1) is 0 Å².